The molecule has 1 aliphatic rings. The highest BCUT2D eigenvalue weighted by Crippen LogP contribution is 2.22. The summed E-state index contributed by atoms with van der Waals surface area (Å²) in [6, 6.07) is 5.85. The van der Waals surface area contributed by atoms with Crippen molar-refractivity contribution in [1.82, 2.24) is 15.2 Å². The first kappa shape index (κ1) is 14.4. The number of benzene rings is 1. The van der Waals surface area contributed by atoms with Crippen molar-refractivity contribution in [2.24, 2.45) is 0 Å². The van der Waals surface area contributed by atoms with Crippen LogP contribution in [0.15, 0.2) is 23.7 Å². The minimum atomic E-state index is -0.0246. The van der Waals surface area contributed by atoms with E-state index in [-0.39, 0.29) is 6.03 Å². The quantitative estimate of drug-likeness (QED) is 0.921. The van der Waals surface area contributed by atoms with Crippen molar-refractivity contribution < 1.29 is 4.79 Å². The topological polar surface area (TPSA) is 45.2 Å². The normalized spacial score (nSPS) is 13.9. The average molecular weight is 322 g/mol. The Morgan fingerprint density at radius 2 is 2.33 bits per heavy atom. The molecule has 2 aromatic rings. The van der Waals surface area contributed by atoms with Crippen molar-refractivity contribution in [2.45, 2.75) is 26.4 Å². The van der Waals surface area contributed by atoms with Gasteiger partial charge in [0.15, 0.2) is 0 Å². The third-order valence-corrected chi connectivity index (χ3v) is 4.88. The zero-order valence-corrected chi connectivity index (χ0v) is 13.3. The lowest BCUT2D eigenvalue weighted by atomic mass is 10.0. The number of hydrogen-bond donors (Lipinski definition) is 1. The molecule has 21 heavy (non-hydrogen) atoms. The number of nitrogens with zero attached hydrogens (tertiary/aromatic N) is 2. The van der Waals surface area contributed by atoms with E-state index in [0.717, 1.165) is 28.6 Å². The Balaban J connectivity index is 1.62. The molecule has 0 spiro atoms. The molecule has 2 amide bonds. The van der Waals surface area contributed by atoms with Crippen LogP contribution in [-0.2, 0) is 19.5 Å². The number of aryl methyl sites for hydroxylation is 1. The number of nitrogens with one attached hydrogen (secondary N) is 1. The molecule has 0 fully saturated rings. The second-order valence-corrected chi connectivity index (χ2v) is 6.48. The zero-order valence-electron chi connectivity index (χ0n) is 11.7. The lowest BCUT2D eigenvalue weighted by Crippen LogP contribution is -2.42. The Morgan fingerprint density at radius 3 is 3.10 bits per heavy atom. The van der Waals surface area contributed by atoms with Crippen LogP contribution in [0.5, 0.6) is 0 Å². The van der Waals surface area contributed by atoms with Gasteiger partial charge in [0.05, 0.1) is 17.7 Å². The molecule has 0 radical (unpaired) electrons. The van der Waals surface area contributed by atoms with Gasteiger partial charge in [-0.05, 0) is 36.6 Å². The molecule has 0 unspecified atom stereocenters. The number of carbonyl (C=O) groups is 1. The first-order chi connectivity index (χ1) is 10.1. The SMILES string of the molecule is Cc1ncsc1CNC(=O)N1CCc2cc(Cl)ccc2C1. The molecule has 1 aliphatic heterocycles. The van der Waals surface area contributed by atoms with Crippen molar-refractivity contribution in [3.8, 4) is 0 Å². The zero-order chi connectivity index (χ0) is 14.8. The van der Waals surface area contributed by atoms with Gasteiger partial charge in [-0.15, -0.1) is 11.3 Å². The highest BCUT2D eigenvalue weighted by molar-refractivity contribution is 7.09. The van der Waals surface area contributed by atoms with Gasteiger partial charge in [0, 0.05) is 23.0 Å². The van der Waals surface area contributed by atoms with Gasteiger partial charge in [-0.25, -0.2) is 9.78 Å². The van der Waals surface area contributed by atoms with Gasteiger partial charge in [-0.3, -0.25) is 0 Å². The smallest absolute Gasteiger partial charge is 0.318 e. The Hall–Kier alpha value is -1.59. The number of carbonyl (C=O) groups excluding carboxylic acids is 1. The van der Waals surface area contributed by atoms with E-state index in [1.165, 1.54) is 11.1 Å². The molecule has 0 aliphatic carbocycles. The van der Waals surface area contributed by atoms with Crippen molar-refractivity contribution in [2.75, 3.05) is 6.54 Å². The van der Waals surface area contributed by atoms with Crippen LogP contribution in [-0.4, -0.2) is 22.5 Å². The largest absolute Gasteiger partial charge is 0.333 e. The van der Waals surface area contributed by atoms with Gasteiger partial charge in [-0.2, -0.15) is 0 Å². The van der Waals surface area contributed by atoms with Gasteiger partial charge in [0.1, 0.15) is 0 Å². The fourth-order valence-corrected chi connectivity index (χ4v) is 3.37. The molecular formula is C15H16ClN3OS. The monoisotopic (exact) mass is 321 g/mol. The van der Waals surface area contributed by atoms with E-state index in [0.29, 0.717) is 13.1 Å². The summed E-state index contributed by atoms with van der Waals surface area (Å²) in [7, 11) is 0. The van der Waals surface area contributed by atoms with E-state index in [9.17, 15) is 4.79 Å². The van der Waals surface area contributed by atoms with Gasteiger partial charge < -0.3 is 10.2 Å². The molecule has 3 rings (SSSR count). The number of aromatic nitrogens is 1. The number of hydrogen-bond acceptors (Lipinski definition) is 3. The van der Waals surface area contributed by atoms with Crippen LogP contribution in [0.2, 0.25) is 5.02 Å². The molecule has 1 aromatic heterocycles. The molecule has 0 atom stereocenters. The maximum Gasteiger partial charge on any atom is 0.318 e. The van der Waals surface area contributed by atoms with Crippen LogP contribution >= 0.6 is 22.9 Å². The van der Waals surface area contributed by atoms with Crippen molar-refractivity contribution in [3.05, 3.63) is 50.4 Å². The summed E-state index contributed by atoms with van der Waals surface area (Å²) in [6.45, 7) is 3.86. The summed E-state index contributed by atoms with van der Waals surface area (Å²) in [6.07, 6.45) is 0.850. The molecule has 0 bridgehead atoms. The van der Waals surface area contributed by atoms with Crippen LogP contribution in [0.1, 0.15) is 21.7 Å². The summed E-state index contributed by atoms with van der Waals surface area (Å²) in [5.74, 6) is 0. The Bertz CT molecular complexity index is 671. The molecule has 2 heterocycles. The maximum atomic E-state index is 12.3. The highest BCUT2D eigenvalue weighted by Gasteiger charge is 2.20. The number of halogens is 1. The molecule has 4 nitrogen and oxygen atoms in total. The van der Waals surface area contributed by atoms with Crippen molar-refractivity contribution >= 4 is 29.0 Å². The lowest BCUT2D eigenvalue weighted by molar-refractivity contribution is 0.192. The molecule has 6 heteroatoms. The van der Waals surface area contributed by atoms with E-state index in [1.807, 2.05) is 30.0 Å². The fraction of sp³-hybridized carbons (Fsp3) is 0.333. The minimum absolute atomic E-state index is 0.0246. The number of urea groups is 1. The molecule has 0 saturated heterocycles. The Morgan fingerprint density at radius 1 is 1.48 bits per heavy atom. The second kappa shape index (κ2) is 6.03. The fourth-order valence-electron chi connectivity index (χ4n) is 2.46. The molecule has 110 valence electrons. The minimum Gasteiger partial charge on any atom is -0.333 e. The first-order valence-corrected chi connectivity index (χ1v) is 8.08. The van der Waals surface area contributed by atoms with Gasteiger partial charge in [0.2, 0.25) is 0 Å². The predicted octanol–water partition coefficient (Wildman–Crippen LogP) is 3.37. The second-order valence-electron chi connectivity index (χ2n) is 5.10. The summed E-state index contributed by atoms with van der Waals surface area (Å²) in [4.78, 5) is 19.4. The maximum absolute atomic E-state index is 12.3. The van der Waals surface area contributed by atoms with Crippen LogP contribution in [0, 0.1) is 6.92 Å². The van der Waals surface area contributed by atoms with E-state index < -0.39 is 0 Å². The summed E-state index contributed by atoms with van der Waals surface area (Å²) < 4.78 is 0. The third kappa shape index (κ3) is 3.19. The Kier molecular flexibility index (Phi) is 4.12. The number of thiazole rings is 1. The average Bonchev–Trinajstić information content (AvgIpc) is 2.89. The van der Waals surface area contributed by atoms with Gasteiger partial charge in [0.25, 0.3) is 0 Å². The molecule has 1 aromatic carbocycles. The van der Waals surface area contributed by atoms with Crippen LogP contribution in [0.25, 0.3) is 0 Å². The van der Waals surface area contributed by atoms with E-state index in [4.69, 9.17) is 11.6 Å². The first-order valence-electron chi connectivity index (χ1n) is 6.82. The molecule has 0 saturated carbocycles. The predicted molar refractivity (Wildman–Crippen MR) is 84.7 cm³/mol. The van der Waals surface area contributed by atoms with Gasteiger partial charge >= 0.3 is 6.03 Å². The number of amides is 2. The standard InChI is InChI=1S/C15H16ClN3OS/c1-10-14(21-9-18-10)7-17-15(20)19-5-4-11-6-13(16)3-2-12(11)8-19/h2-3,6,9H,4-5,7-8H2,1H3,(H,17,20). The number of fused-ring (bicyclic) bond motifs is 1. The van der Waals surface area contributed by atoms with E-state index >= 15 is 0 Å². The summed E-state index contributed by atoms with van der Waals surface area (Å²) >= 11 is 7.57. The van der Waals surface area contributed by atoms with E-state index in [2.05, 4.69) is 10.3 Å². The molecule has 1 N–H and O–H groups in total. The number of rotatable bonds is 2. The third-order valence-electron chi connectivity index (χ3n) is 3.71. The van der Waals surface area contributed by atoms with E-state index in [1.54, 1.807) is 16.8 Å². The Labute approximate surface area is 132 Å². The highest BCUT2D eigenvalue weighted by atomic mass is 35.5. The van der Waals surface area contributed by atoms with Crippen molar-refractivity contribution in [3.63, 3.8) is 0 Å². The summed E-state index contributed by atoms with van der Waals surface area (Å²) in [5.41, 5.74) is 5.20. The van der Waals surface area contributed by atoms with Gasteiger partial charge in [-0.1, -0.05) is 17.7 Å². The summed E-state index contributed by atoms with van der Waals surface area (Å²) in [5, 5.41) is 3.73. The van der Waals surface area contributed by atoms with Crippen molar-refractivity contribution in [1.29, 1.82) is 0 Å². The van der Waals surface area contributed by atoms with Crippen LogP contribution < -0.4 is 5.32 Å². The molecular weight excluding hydrogens is 306 g/mol. The van der Waals surface area contributed by atoms with Crippen LogP contribution in [0.3, 0.4) is 0 Å². The van der Waals surface area contributed by atoms with Crippen LogP contribution in [0.4, 0.5) is 4.79 Å². The lowest BCUT2D eigenvalue weighted by Gasteiger charge is -2.29.